The van der Waals surface area contributed by atoms with Crippen molar-refractivity contribution in [2.24, 2.45) is 5.92 Å². The van der Waals surface area contributed by atoms with Crippen molar-refractivity contribution in [3.63, 3.8) is 0 Å². The number of aryl methyl sites for hydroxylation is 1. The van der Waals surface area contributed by atoms with E-state index < -0.39 is 0 Å². The summed E-state index contributed by atoms with van der Waals surface area (Å²) in [6, 6.07) is 10.1. The largest absolute Gasteiger partial charge is 0.486 e. The van der Waals surface area contributed by atoms with E-state index in [1.165, 1.54) is 29.7 Å². The molecule has 6 nitrogen and oxygen atoms in total. The SMILES string of the molecule is Cc1ccc(OCc2nc(CC(=O)Nc3ccnn3C(C)C3CC3)cs2)cc1. The van der Waals surface area contributed by atoms with E-state index in [1.807, 2.05) is 47.3 Å². The van der Waals surface area contributed by atoms with E-state index in [-0.39, 0.29) is 12.3 Å². The van der Waals surface area contributed by atoms with Crippen molar-refractivity contribution in [3.05, 3.63) is 58.2 Å². The van der Waals surface area contributed by atoms with Crippen LogP contribution in [0.25, 0.3) is 0 Å². The first-order valence-corrected chi connectivity index (χ1v) is 10.4. The second-order valence-corrected chi connectivity index (χ2v) is 8.24. The van der Waals surface area contributed by atoms with Crippen LogP contribution >= 0.6 is 11.3 Å². The average molecular weight is 397 g/mol. The van der Waals surface area contributed by atoms with Gasteiger partial charge in [0.15, 0.2) is 0 Å². The number of hydrogen-bond donors (Lipinski definition) is 1. The average Bonchev–Trinajstić information content (AvgIpc) is 3.28. The molecule has 0 aliphatic heterocycles. The molecule has 3 aromatic rings. The van der Waals surface area contributed by atoms with Crippen LogP contribution in [0.5, 0.6) is 5.75 Å². The summed E-state index contributed by atoms with van der Waals surface area (Å²) in [5.74, 6) is 2.16. The summed E-state index contributed by atoms with van der Waals surface area (Å²) >= 11 is 1.51. The van der Waals surface area contributed by atoms with E-state index in [1.54, 1.807) is 6.20 Å². The predicted molar refractivity (Wildman–Crippen MR) is 110 cm³/mol. The fraction of sp³-hybridized carbons (Fsp3) is 0.381. The molecule has 1 aliphatic carbocycles. The summed E-state index contributed by atoms with van der Waals surface area (Å²) in [5.41, 5.74) is 1.95. The number of nitrogens with one attached hydrogen (secondary N) is 1. The number of thiazole rings is 1. The third-order valence-electron chi connectivity index (χ3n) is 4.95. The summed E-state index contributed by atoms with van der Waals surface area (Å²) in [6.45, 7) is 4.60. The normalized spacial score (nSPS) is 14.6. The summed E-state index contributed by atoms with van der Waals surface area (Å²) in [7, 11) is 0. The van der Waals surface area contributed by atoms with Crippen LogP contribution in [-0.4, -0.2) is 20.7 Å². The van der Waals surface area contributed by atoms with E-state index >= 15 is 0 Å². The highest BCUT2D eigenvalue weighted by Gasteiger charge is 2.30. The van der Waals surface area contributed by atoms with Gasteiger partial charge >= 0.3 is 0 Å². The highest BCUT2D eigenvalue weighted by atomic mass is 32.1. The monoisotopic (exact) mass is 396 g/mol. The highest BCUT2D eigenvalue weighted by Crippen LogP contribution is 2.40. The third-order valence-corrected chi connectivity index (χ3v) is 5.82. The number of hydrogen-bond acceptors (Lipinski definition) is 5. The lowest BCUT2D eigenvalue weighted by Crippen LogP contribution is -2.20. The summed E-state index contributed by atoms with van der Waals surface area (Å²) in [4.78, 5) is 17.0. The van der Waals surface area contributed by atoms with Crippen molar-refractivity contribution in [2.45, 2.75) is 45.8 Å². The van der Waals surface area contributed by atoms with Crippen molar-refractivity contribution < 1.29 is 9.53 Å². The molecule has 7 heteroatoms. The molecule has 1 unspecified atom stereocenters. The molecule has 4 rings (SSSR count). The number of nitrogens with zero attached hydrogens (tertiary/aromatic N) is 3. The van der Waals surface area contributed by atoms with E-state index in [9.17, 15) is 4.79 Å². The van der Waals surface area contributed by atoms with Crippen LogP contribution in [0, 0.1) is 12.8 Å². The molecule has 1 aromatic carbocycles. The number of aromatic nitrogens is 3. The lowest BCUT2D eigenvalue weighted by atomic mass is 10.2. The number of anilines is 1. The first-order chi connectivity index (χ1) is 13.6. The van der Waals surface area contributed by atoms with Gasteiger partial charge < -0.3 is 10.1 Å². The van der Waals surface area contributed by atoms with Gasteiger partial charge in [-0.15, -0.1) is 11.3 Å². The van der Waals surface area contributed by atoms with Crippen molar-refractivity contribution >= 4 is 23.1 Å². The van der Waals surface area contributed by atoms with Crippen LogP contribution in [0.4, 0.5) is 5.82 Å². The molecule has 1 amide bonds. The van der Waals surface area contributed by atoms with Gasteiger partial charge in [0, 0.05) is 11.4 Å². The van der Waals surface area contributed by atoms with Crippen molar-refractivity contribution in [2.75, 3.05) is 5.32 Å². The van der Waals surface area contributed by atoms with Crippen LogP contribution in [0.15, 0.2) is 41.9 Å². The number of carbonyl (C=O) groups excluding carboxylic acids is 1. The van der Waals surface area contributed by atoms with Gasteiger partial charge in [-0.2, -0.15) is 5.10 Å². The smallest absolute Gasteiger partial charge is 0.231 e. The molecule has 0 saturated heterocycles. The number of carbonyl (C=O) groups is 1. The molecule has 1 N–H and O–H groups in total. The van der Waals surface area contributed by atoms with E-state index in [0.29, 0.717) is 18.6 Å². The molecule has 1 aliphatic rings. The zero-order valence-electron chi connectivity index (χ0n) is 16.1. The Morgan fingerprint density at radius 3 is 2.86 bits per heavy atom. The van der Waals surface area contributed by atoms with Gasteiger partial charge in [0.05, 0.1) is 24.4 Å². The first-order valence-electron chi connectivity index (χ1n) is 9.54. The Morgan fingerprint density at radius 1 is 1.32 bits per heavy atom. The molecule has 1 saturated carbocycles. The van der Waals surface area contributed by atoms with Crippen molar-refractivity contribution in [1.82, 2.24) is 14.8 Å². The van der Waals surface area contributed by atoms with Crippen LogP contribution < -0.4 is 10.1 Å². The molecule has 28 heavy (non-hydrogen) atoms. The van der Waals surface area contributed by atoms with Crippen LogP contribution in [-0.2, 0) is 17.8 Å². The molecular formula is C21H24N4O2S. The quantitative estimate of drug-likeness (QED) is 0.613. The lowest BCUT2D eigenvalue weighted by molar-refractivity contribution is -0.115. The molecule has 2 heterocycles. The van der Waals surface area contributed by atoms with E-state index in [0.717, 1.165) is 22.3 Å². The van der Waals surface area contributed by atoms with Crippen LogP contribution in [0.2, 0.25) is 0 Å². The van der Waals surface area contributed by atoms with Crippen molar-refractivity contribution in [3.8, 4) is 5.75 Å². The van der Waals surface area contributed by atoms with Crippen LogP contribution in [0.3, 0.4) is 0 Å². The minimum Gasteiger partial charge on any atom is -0.486 e. The molecule has 1 atom stereocenters. The summed E-state index contributed by atoms with van der Waals surface area (Å²) < 4.78 is 7.67. The molecule has 2 aromatic heterocycles. The maximum atomic E-state index is 12.4. The molecule has 0 spiro atoms. The van der Waals surface area contributed by atoms with Crippen LogP contribution in [0.1, 0.15) is 42.1 Å². The van der Waals surface area contributed by atoms with Gasteiger partial charge in [0.25, 0.3) is 0 Å². The Bertz CT molecular complexity index is 943. The van der Waals surface area contributed by atoms with Gasteiger partial charge in [0.2, 0.25) is 5.91 Å². The topological polar surface area (TPSA) is 69.0 Å². The maximum absolute atomic E-state index is 12.4. The Kier molecular flexibility index (Phi) is 5.43. The minimum atomic E-state index is -0.0824. The second-order valence-electron chi connectivity index (χ2n) is 7.30. The molecular weight excluding hydrogens is 372 g/mol. The Balaban J connectivity index is 1.30. The lowest BCUT2D eigenvalue weighted by Gasteiger charge is -2.15. The van der Waals surface area contributed by atoms with Gasteiger partial charge in [-0.3, -0.25) is 4.79 Å². The molecule has 0 radical (unpaired) electrons. The number of amides is 1. The summed E-state index contributed by atoms with van der Waals surface area (Å²) in [6.07, 6.45) is 4.45. The fourth-order valence-electron chi connectivity index (χ4n) is 3.14. The number of ether oxygens (including phenoxy) is 1. The van der Waals surface area contributed by atoms with E-state index in [2.05, 4.69) is 22.3 Å². The molecule has 1 fully saturated rings. The molecule has 146 valence electrons. The number of rotatable bonds is 8. The summed E-state index contributed by atoms with van der Waals surface area (Å²) in [5, 5.41) is 10.1. The highest BCUT2D eigenvalue weighted by molar-refractivity contribution is 7.09. The Labute approximate surface area is 168 Å². The minimum absolute atomic E-state index is 0.0824. The predicted octanol–water partition coefficient (Wildman–Crippen LogP) is 4.38. The van der Waals surface area contributed by atoms with Gasteiger partial charge in [-0.1, -0.05) is 17.7 Å². The fourth-order valence-corrected chi connectivity index (χ4v) is 3.85. The van der Waals surface area contributed by atoms with Gasteiger partial charge in [-0.25, -0.2) is 9.67 Å². The number of benzene rings is 1. The zero-order chi connectivity index (χ0) is 19.5. The first kappa shape index (κ1) is 18.7. The standard InChI is InChI=1S/C21H24N4O2S/c1-14-3-7-18(8-4-14)27-12-21-23-17(13-28-21)11-20(26)24-19-9-10-22-25(19)15(2)16-5-6-16/h3-4,7-10,13,15-16H,5-6,11-12H2,1-2H3,(H,24,26). The Morgan fingerprint density at radius 2 is 2.11 bits per heavy atom. The third kappa shape index (κ3) is 4.59. The van der Waals surface area contributed by atoms with E-state index in [4.69, 9.17) is 4.74 Å². The van der Waals surface area contributed by atoms with Crippen molar-refractivity contribution in [1.29, 1.82) is 0 Å². The zero-order valence-corrected chi connectivity index (χ0v) is 16.9. The Hall–Kier alpha value is -2.67. The second kappa shape index (κ2) is 8.14. The van der Waals surface area contributed by atoms with Gasteiger partial charge in [-0.05, 0) is 44.7 Å². The molecule has 0 bridgehead atoms. The van der Waals surface area contributed by atoms with Gasteiger partial charge in [0.1, 0.15) is 23.2 Å². The maximum Gasteiger partial charge on any atom is 0.231 e.